The lowest BCUT2D eigenvalue weighted by Gasteiger charge is -2.29. The van der Waals surface area contributed by atoms with E-state index in [4.69, 9.17) is 17.3 Å². The molecular formula is C12H18ClN3. The fraction of sp³-hybridized carbons (Fsp3) is 0.500. The van der Waals surface area contributed by atoms with Gasteiger partial charge in [-0.25, -0.2) is 0 Å². The Bertz CT molecular complexity index is 390. The van der Waals surface area contributed by atoms with E-state index in [1.165, 1.54) is 0 Å². The summed E-state index contributed by atoms with van der Waals surface area (Å²) in [7, 11) is 0. The van der Waals surface area contributed by atoms with Gasteiger partial charge in [-0.15, -0.1) is 0 Å². The molecule has 0 unspecified atom stereocenters. The summed E-state index contributed by atoms with van der Waals surface area (Å²) in [6.45, 7) is 6.42. The maximum absolute atomic E-state index is 6.09. The minimum atomic E-state index is 0.471. The van der Waals surface area contributed by atoms with Crippen LogP contribution < -0.4 is 16.0 Å². The number of hydrogen-bond donors (Lipinski definition) is 2. The molecule has 4 heteroatoms. The molecule has 1 aromatic carbocycles. The van der Waals surface area contributed by atoms with Crippen LogP contribution in [0.25, 0.3) is 0 Å². The molecule has 3 N–H and O–H groups in total. The van der Waals surface area contributed by atoms with Crippen molar-refractivity contribution in [1.82, 2.24) is 0 Å². The van der Waals surface area contributed by atoms with Crippen molar-refractivity contribution in [3.05, 3.63) is 17.2 Å². The van der Waals surface area contributed by atoms with E-state index < -0.39 is 0 Å². The predicted octanol–water partition coefficient (Wildman–Crippen LogP) is 2.95. The minimum absolute atomic E-state index is 0.471. The van der Waals surface area contributed by atoms with E-state index in [0.29, 0.717) is 16.8 Å². The maximum Gasteiger partial charge on any atom is 0.0657 e. The van der Waals surface area contributed by atoms with Crippen molar-refractivity contribution in [2.75, 3.05) is 29.0 Å². The zero-order valence-corrected chi connectivity index (χ0v) is 10.5. The average molecular weight is 240 g/mol. The second-order valence-corrected chi connectivity index (χ2v) is 4.87. The number of benzene rings is 1. The van der Waals surface area contributed by atoms with E-state index >= 15 is 0 Å². The highest BCUT2D eigenvalue weighted by atomic mass is 35.5. The van der Waals surface area contributed by atoms with Gasteiger partial charge in [-0.3, -0.25) is 0 Å². The highest BCUT2D eigenvalue weighted by molar-refractivity contribution is 6.33. The number of nitrogen functional groups attached to an aromatic ring is 1. The fourth-order valence-electron chi connectivity index (χ4n) is 2.09. The van der Waals surface area contributed by atoms with Crippen molar-refractivity contribution >= 4 is 28.7 Å². The van der Waals surface area contributed by atoms with E-state index in [2.05, 4.69) is 24.1 Å². The van der Waals surface area contributed by atoms with E-state index in [0.717, 1.165) is 30.9 Å². The summed E-state index contributed by atoms with van der Waals surface area (Å²) in [5.41, 5.74) is 8.71. The average Bonchev–Trinajstić information content (AvgIpc) is 2.41. The van der Waals surface area contributed by atoms with Crippen molar-refractivity contribution in [2.24, 2.45) is 0 Å². The molecule has 16 heavy (non-hydrogen) atoms. The van der Waals surface area contributed by atoms with Gasteiger partial charge in [-0.1, -0.05) is 11.6 Å². The standard InChI is InChI=1S/C12H18ClN3/c1-8(2)16-5-3-4-15-11-7-10(14)9(13)6-12(11)16/h6-8,15H,3-5,14H2,1-2H3. The Labute approximate surface area is 102 Å². The molecule has 1 aliphatic rings. The third-order valence-electron chi connectivity index (χ3n) is 2.94. The van der Waals surface area contributed by atoms with E-state index in [1.807, 2.05) is 12.1 Å². The molecule has 0 amide bonds. The van der Waals surface area contributed by atoms with Crippen molar-refractivity contribution in [1.29, 1.82) is 0 Å². The Balaban J connectivity index is 2.48. The summed E-state index contributed by atoms with van der Waals surface area (Å²) in [4.78, 5) is 2.36. The van der Waals surface area contributed by atoms with Crippen LogP contribution in [0.4, 0.5) is 17.1 Å². The third-order valence-corrected chi connectivity index (χ3v) is 3.27. The predicted molar refractivity (Wildman–Crippen MR) is 71.5 cm³/mol. The number of halogens is 1. The zero-order valence-electron chi connectivity index (χ0n) is 9.76. The van der Waals surface area contributed by atoms with E-state index in [-0.39, 0.29) is 0 Å². The van der Waals surface area contributed by atoms with Gasteiger partial charge in [0.1, 0.15) is 0 Å². The Morgan fingerprint density at radius 2 is 2.19 bits per heavy atom. The fourth-order valence-corrected chi connectivity index (χ4v) is 2.25. The second-order valence-electron chi connectivity index (χ2n) is 4.46. The number of anilines is 3. The molecule has 0 aliphatic carbocycles. The van der Waals surface area contributed by atoms with Crippen LogP contribution in [0.5, 0.6) is 0 Å². The van der Waals surface area contributed by atoms with Gasteiger partial charge in [-0.05, 0) is 32.4 Å². The van der Waals surface area contributed by atoms with Crippen molar-refractivity contribution < 1.29 is 0 Å². The summed E-state index contributed by atoms with van der Waals surface area (Å²) in [6.07, 6.45) is 1.13. The number of hydrogen-bond acceptors (Lipinski definition) is 3. The molecule has 0 saturated heterocycles. The lowest BCUT2D eigenvalue weighted by molar-refractivity contribution is 0.672. The summed E-state index contributed by atoms with van der Waals surface area (Å²) < 4.78 is 0. The monoisotopic (exact) mass is 239 g/mol. The van der Waals surface area contributed by atoms with Crippen LogP contribution >= 0.6 is 11.6 Å². The number of fused-ring (bicyclic) bond motifs is 1. The van der Waals surface area contributed by atoms with Gasteiger partial charge in [0.05, 0.1) is 22.1 Å². The van der Waals surface area contributed by atoms with Crippen LogP contribution in [0, 0.1) is 0 Å². The smallest absolute Gasteiger partial charge is 0.0657 e. The minimum Gasteiger partial charge on any atom is -0.397 e. The van der Waals surface area contributed by atoms with Crippen LogP contribution in [-0.2, 0) is 0 Å². The second kappa shape index (κ2) is 4.42. The zero-order chi connectivity index (χ0) is 11.7. The first-order chi connectivity index (χ1) is 7.59. The third kappa shape index (κ3) is 2.05. The summed E-state index contributed by atoms with van der Waals surface area (Å²) in [5.74, 6) is 0. The van der Waals surface area contributed by atoms with E-state index in [1.54, 1.807) is 0 Å². The quantitative estimate of drug-likeness (QED) is 0.741. The Morgan fingerprint density at radius 1 is 1.44 bits per heavy atom. The molecule has 0 saturated carbocycles. The molecule has 2 rings (SSSR count). The van der Waals surface area contributed by atoms with Crippen LogP contribution in [0.3, 0.4) is 0 Å². The Hall–Kier alpha value is -1.09. The van der Waals surface area contributed by atoms with Gasteiger partial charge in [-0.2, -0.15) is 0 Å². The molecule has 1 aromatic rings. The number of nitrogens with zero attached hydrogens (tertiary/aromatic N) is 1. The van der Waals surface area contributed by atoms with Crippen molar-refractivity contribution in [3.8, 4) is 0 Å². The van der Waals surface area contributed by atoms with E-state index in [9.17, 15) is 0 Å². The van der Waals surface area contributed by atoms with Crippen LogP contribution in [-0.4, -0.2) is 19.1 Å². The van der Waals surface area contributed by atoms with Gasteiger partial charge in [0.25, 0.3) is 0 Å². The van der Waals surface area contributed by atoms with Crippen LogP contribution in [0.15, 0.2) is 12.1 Å². The molecule has 3 nitrogen and oxygen atoms in total. The highest BCUT2D eigenvalue weighted by Gasteiger charge is 2.18. The maximum atomic E-state index is 6.09. The first-order valence-electron chi connectivity index (χ1n) is 5.69. The lowest BCUT2D eigenvalue weighted by Crippen LogP contribution is -2.31. The number of nitrogens with one attached hydrogen (secondary N) is 1. The Morgan fingerprint density at radius 3 is 2.88 bits per heavy atom. The largest absolute Gasteiger partial charge is 0.397 e. The van der Waals surface area contributed by atoms with Crippen LogP contribution in [0.1, 0.15) is 20.3 Å². The topological polar surface area (TPSA) is 41.3 Å². The molecule has 1 aliphatic heterocycles. The molecular weight excluding hydrogens is 222 g/mol. The summed E-state index contributed by atoms with van der Waals surface area (Å²) in [5, 5.41) is 4.03. The van der Waals surface area contributed by atoms with Crippen LogP contribution in [0.2, 0.25) is 5.02 Å². The molecule has 0 atom stereocenters. The first kappa shape index (κ1) is 11.4. The number of nitrogens with two attached hydrogens (primary N) is 1. The van der Waals surface area contributed by atoms with Crippen molar-refractivity contribution in [3.63, 3.8) is 0 Å². The Kier molecular flexibility index (Phi) is 3.15. The molecule has 0 fully saturated rings. The molecule has 0 bridgehead atoms. The van der Waals surface area contributed by atoms with Crippen molar-refractivity contribution in [2.45, 2.75) is 26.3 Å². The van der Waals surface area contributed by atoms with Gasteiger partial charge in [0, 0.05) is 19.1 Å². The highest BCUT2D eigenvalue weighted by Crippen LogP contribution is 2.36. The molecule has 0 radical (unpaired) electrons. The normalized spacial score (nSPS) is 15.6. The molecule has 1 heterocycles. The summed E-state index contributed by atoms with van der Waals surface area (Å²) in [6, 6.07) is 4.36. The lowest BCUT2D eigenvalue weighted by atomic mass is 10.2. The van der Waals surface area contributed by atoms with Gasteiger partial charge in [0.2, 0.25) is 0 Å². The SMILES string of the molecule is CC(C)N1CCCNc2cc(N)c(Cl)cc21. The molecule has 0 spiro atoms. The van der Waals surface area contributed by atoms with Gasteiger partial charge in [0.15, 0.2) is 0 Å². The first-order valence-corrected chi connectivity index (χ1v) is 6.07. The summed E-state index contributed by atoms with van der Waals surface area (Å²) >= 11 is 6.09. The van der Waals surface area contributed by atoms with Gasteiger partial charge >= 0.3 is 0 Å². The van der Waals surface area contributed by atoms with Gasteiger partial charge < -0.3 is 16.0 Å². The molecule has 0 aromatic heterocycles. The molecule has 88 valence electrons. The number of rotatable bonds is 1.